The summed E-state index contributed by atoms with van der Waals surface area (Å²) in [7, 11) is -3.88. The third-order valence-electron chi connectivity index (χ3n) is 4.21. The minimum absolute atomic E-state index is 0.000127. The van der Waals surface area contributed by atoms with Gasteiger partial charge in [-0.15, -0.1) is 0 Å². The Morgan fingerprint density at radius 1 is 1.23 bits per heavy atom. The number of aryl methyl sites for hydroxylation is 2. The van der Waals surface area contributed by atoms with E-state index in [1.165, 1.54) is 18.9 Å². The lowest BCUT2D eigenvalue weighted by molar-refractivity contribution is 0.110. The smallest absolute Gasteiger partial charge is 0.264 e. The molecule has 1 aliphatic rings. The second-order valence-electron chi connectivity index (χ2n) is 6.54. The fraction of sp³-hybridized carbons (Fsp3) is 0.389. The quantitative estimate of drug-likeness (QED) is 0.710. The summed E-state index contributed by atoms with van der Waals surface area (Å²) >= 11 is 12.0. The first-order chi connectivity index (χ1) is 12.3. The van der Waals surface area contributed by atoms with E-state index in [1.54, 1.807) is 19.1 Å². The van der Waals surface area contributed by atoms with E-state index >= 15 is 0 Å². The van der Waals surface area contributed by atoms with Gasteiger partial charge in [-0.25, -0.2) is 13.4 Å². The number of aromatic nitrogens is 1. The fourth-order valence-electron chi connectivity index (χ4n) is 2.64. The molecule has 0 unspecified atom stereocenters. The Balaban J connectivity index is 1.76. The molecule has 26 heavy (non-hydrogen) atoms. The number of anilines is 1. The van der Waals surface area contributed by atoms with E-state index in [-0.39, 0.29) is 15.7 Å². The summed E-state index contributed by atoms with van der Waals surface area (Å²) in [6, 6.07) is 6.41. The Bertz CT molecular complexity index is 905. The predicted octanol–water partition coefficient (Wildman–Crippen LogP) is 4.73. The van der Waals surface area contributed by atoms with Crippen LogP contribution in [-0.4, -0.2) is 20.0 Å². The molecule has 0 atom stereocenters. The van der Waals surface area contributed by atoms with Gasteiger partial charge in [0.2, 0.25) is 0 Å². The van der Waals surface area contributed by atoms with Crippen LogP contribution in [0.3, 0.4) is 0 Å². The molecule has 0 aliphatic heterocycles. The Morgan fingerprint density at radius 2 is 1.96 bits per heavy atom. The summed E-state index contributed by atoms with van der Waals surface area (Å²) in [6.45, 7) is 4.71. The van der Waals surface area contributed by atoms with Crippen molar-refractivity contribution in [1.29, 1.82) is 0 Å². The van der Waals surface area contributed by atoms with Gasteiger partial charge >= 0.3 is 0 Å². The molecule has 0 bridgehead atoms. The molecule has 1 saturated carbocycles. The molecular formula is C18H20Cl2N2O3S. The number of pyridine rings is 1. The molecule has 2 aromatic rings. The Labute approximate surface area is 163 Å². The summed E-state index contributed by atoms with van der Waals surface area (Å²) in [5.74, 6) is 0.931. The number of nitrogens with zero attached hydrogens (tertiary/aromatic N) is 1. The number of halogens is 2. The van der Waals surface area contributed by atoms with Crippen molar-refractivity contribution in [2.24, 2.45) is 5.92 Å². The van der Waals surface area contributed by atoms with E-state index in [0.29, 0.717) is 23.1 Å². The van der Waals surface area contributed by atoms with Crippen molar-refractivity contribution in [3.05, 3.63) is 51.1 Å². The minimum atomic E-state index is -3.88. The maximum Gasteiger partial charge on any atom is 0.264 e. The molecule has 1 aromatic heterocycles. The van der Waals surface area contributed by atoms with Gasteiger partial charge in [-0.3, -0.25) is 4.72 Å². The number of sulfonamides is 1. The van der Waals surface area contributed by atoms with E-state index in [1.807, 2.05) is 13.0 Å². The normalized spacial score (nSPS) is 14.5. The van der Waals surface area contributed by atoms with E-state index in [4.69, 9.17) is 27.9 Å². The van der Waals surface area contributed by atoms with Gasteiger partial charge in [0, 0.05) is 17.3 Å². The number of nitrogens with one attached hydrogen (secondary N) is 1. The lowest BCUT2D eigenvalue weighted by atomic mass is 10.2. The summed E-state index contributed by atoms with van der Waals surface area (Å²) < 4.78 is 33.6. The number of hydrogen-bond donors (Lipinski definition) is 1. The van der Waals surface area contributed by atoms with Crippen LogP contribution in [0.15, 0.2) is 29.2 Å². The van der Waals surface area contributed by atoms with Crippen molar-refractivity contribution in [3.63, 3.8) is 0 Å². The van der Waals surface area contributed by atoms with Crippen LogP contribution in [0.25, 0.3) is 0 Å². The molecule has 1 N–H and O–H groups in total. The monoisotopic (exact) mass is 414 g/mol. The van der Waals surface area contributed by atoms with Gasteiger partial charge in [0.15, 0.2) is 0 Å². The molecule has 1 fully saturated rings. The molecule has 3 rings (SSSR count). The molecule has 8 heteroatoms. The highest BCUT2D eigenvalue weighted by molar-refractivity contribution is 7.92. The highest BCUT2D eigenvalue weighted by Crippen LogP contribution is 2.31. The van der Waals surface area contributed by atoms with E-state index < -0.39 is 10.0 Å². The third-order valence-corrected chi connectivity index (χ3v) is 6.39. The maximum atomic E-state index is 12.7. The average Bonchev–Trinajstić information content (AvgIpc) is 3.31. The van der Waals surface area contributed by atoms with Gasteiger partial charge in [0.1, 0.15) is 10.7 Å². The van der Waals surface area contributed by atoms with Crippen LogP contribution in [-0.2, 0) is 21.4 Å². The van der Waals surface area contributed by atoms with Crippen molar-refractivity contribution >= 4 is 39.0 Å². The molecule has 1 aromatic carbocycles. The topological polar surface area (TPSA) is 68.3 Å². The van der Waals surface area contributed by atoms with Gasteiger partial charge in [0.05, 0.1) is 11.6 Å². The summed E-state index contributed by atoms with van der Waals surface area (Å²) in [6.07, 6.45) is 2.48. The number of rotatable bonds is 7. The molecule has 140 valence electrons. The molecule has 0 radical (unpaired) electrons. The summed E-state index contributed by atoms with van der Waals surface area (Å²) in [4.78, 5) is 4.33. The zero-order chi connectivity index (χ0) is 18.9. The Morgan fingerprint density at radius 3 is 2.58 bits per heavy atom. The highest BCUT2D eigenvalue weighted by atomic mass is 35.5. The Kier molecular flexibility index (Phi) is 5.77. The van der Waals surface area contributed by atoms with Gasteiger partial charge in [0.25, 0.3) is 10.0 Å². The van der Waals surface area contributed by atoms with Crippen molar-refractivity contribution in [1.82, 2.24) is 4.98 Å². The predicted molar refractivity (Wildman–Crippen MR) is 103 cm³/mol. The SMILES string of the molecule is Cc1cc(Cl)cc(Cl)c1S(=O)(=O)Nc1ccc(COCC2CC2)c(C)n1. The molecular weight excluding hydrogens is 395 g/mol. The molecule has 0 amide bonds. The highest BCUT2D eigenvalue weighted by Gasteiger charge is 2.23. The van der Waals surface area contributed by atoms with E-state index in [9.17, 15) is 8.42 Å². The van der Waals surface area contributed by atoms with Crippen molar-refractivity contribution in [2.75, 3.05) is 11.3 Å². The second kappa shape index (κ2) is 7.72. The van der Waals surface area contributed by atoms with Crippen molar-refractivity contribution in [2.45, 2.75) is 38.2 Å². The molecule has 0 saturated heterocycles. The molecule has 1 heterocycles. The van der Waals surface area contributed by atoms with Crippen LogP contribution in [0.2, 0.25) is 10.0 Å². The molecule has 0 spiro atoms. The van der Waals surface area contributed by atoms with Crippen LogP contribution in [0.1, 0.15) is 29.7 Å². The minimum Gasteiger partial charge on any atom is -0.376 e. The number of hydrogen-bond acceptors (Lipinski definition) is 4. The van der Waals surface area contributed by atoms with E-state index in [0.717, 1.165) is 17.9 Å². The van der Waals surface area contributed by atoms with Crippen LogP contribution >= 0.6 is 23.2 Å². The fourth-order valence-corrected chi connectivity index (χ4v) is 4.83. The van der Waals surface area contributed by atoms with Crippen molar-refractivity contribution < 1.29 is 13.2 Å². The van der Waals surface area contributed by atoms with E-state index in [2.05, 4.69) is 9.71 Å². The second-order valence-corrected chi connectivity index (χ2v) is 9.00. The maximum absolute atomic E-state index is 12.7. The first-order valence-electron chi connectivity index (χ1n) is 8.29. The zero-order valence-corrected chi connectivity index (χ0v) is 16.9. The van der Waals surface area contributed by atoms with Crippen LogP contribution in [0, 0.1) is 19.8 Å². The van der Waals surface area contributed by atoms with Gasteiger partial charge in [-0.05, 0) is 61.9 Å². The first kappa shape index (κ1) is 19.4. The summed E-state index contributed by atoms with van der Waals surface area (Å²) in [5, 5.41) is 0.459. The van der Waals surface area contributed by atoms with Crippen molar-refractivity contribution in [3.8, 4) is 0 Å². The third kappa shape index (κ3) is 4.68. The standard InChI is InChI=1S/C18H20Cl2N2O3S/c1-11-7-15(19)8-16(20)18(11)26(23,24)22-17-6-5-14(12(2)21-17)10-25-9-13-3-4-13/h5-8,13H,3-4,9-10H2,1-2H3,(H,21,22). The van der Waals surface area contributed by atoms with Gasteiger partial charge in [-0.1, -0.05) is 29.3 Å². The summed E-state index contributed by atoms with van der Waals surface area (Å²) in [5.41, 5.74) is 2.13. The lowest BCUT2D eigenvalue weighted by Gasteiger charge is -2.13. The first-order valence-corrected chi connectivity index (χ1v) is 10.5. The number of ether oxygens (including phenoxy) is 1. The molecule has 1 aliphatic carbocycles. The Hall–Kier alpha value is -1.34. The molecule has 5 nitrogen and oxygen atoms in total. The average molecular weight is 415 g/mol. The van der Waals surface area contributed by atoms with Gasteiger partial charge in [-0.2, -0.15) is 0 Å². The van der Waals surface area contributed by atoms with Crippen LogP contribution in [0.5, 0.6) is 0 Å². The largest absolute Gasteiger partial charge is 0.376 e. The van der Waals surface area contributed by atoms with Crippen LogP contribution in [0.4, 0.5) is 5.82 Å². The lowest BCUT2D eigenvalue weighted by Crippen LogP contribution is -2.16. The van der Waals surface area contributed by atoms with Gasteiger partial charge < -0.3 is 4.74 Å². The number of benzene rings is 1. The zero-order valence-electron chi connectivity index (χ0n) is 14.6. The van der Waals surface area contributed by atoms with Crippen LogP contribution < -0.4 is 4.72 Å².